The van der Waals surface area contributed by atoms with Crippen LogP contribution in [0.2, 0.25) is 0 Å². The summed E-state index contributed by atoms with van der Waals surface area (Å²) in [5, 5.41) is 12.3. The summed E-state index contributed by atoms with van der Waals surface area (Å²) < 4.78 is 10.9. The van der Waals surface area contributed by atoms with Crippen LogP contribution < -0.4 is 5.32 Å². The maximum atomic E-state index is 12.4. The predicted octanol–water partition coefficient (Wildman–Crippen LogP) is 4.63. The molecule has 4 rings (SSSR count). The van der Waals surface area contributed by atoms with Gasteiger partial charge < -0.3 is 19.9 Å². The molecule has 1 fully saturated rings. The lowest BCUT2D eigenvalue weighted by molar-refractivity contribution is -0.142. The lowest BCUT2D eigenvalue weighted by Crippen LogP contribution is -2.43. The van der Waals surface area contributed by atoms with Crippen molar-refractivity contribution in [3.8, 4) is 11.1 Å². The zero-order chi connectivity index (χ0) is 25.2. The molecule has 35 heavy (non-hydrogen) atoms. The van der Waals surface area contributed by atoms with Gasteiger partial charge in [-0.25, -0.2) is 14.4 Å². The molecule has 0 aromatic heterocycles. The first-order chi connectivity index (χ1) is 16.6. The largest absolute Gasteiger partial charge is 0.480 e. The molecule has 2 aromatic rings. The Balaban J connectivity index is 1.27. The molecule has 0 bridgehead atoms. The molecule has 1 aliphatic carbocycles. The van der Waals surface area contributed by atoms with Gasteiger partial charge in [0, 0.05) is 19.0 Å². The molecule has 2 aliphatic rings. The fourth-order valence-electron chi connectivity index (χ4n) is 4.92. The molecular weight excluding hydrogens is 448 g/mol. The number of carboxylic acid groups (broad SMARTS) is 1. The molecule has 0 spiro atoms. The van der Waals surface area contributed by atoms with Gasteiger partial charge in [0.2, 0.25) is 0 Å². The van der Waals surface area contributed by atoms with Gasteiger partial charge in [-0.1, -0.05) is 48.5 Å². The molecule has 0 radical (unpaired) electrons. The maximum absolute atomic E-state index is 12.4. The van der Waals surface area contributed by atoms with Gasteiger partial charge in [0.25, 0.3) is 0 Å². The van der Waals surface area contributed by atoms with Gasteiger partial charge in [-0.2, -0.15) is 0 Å². The number of ether oxygens (including phenoxy) is 2. The van der Waals surface area contributed by atoms with E-state index in [2.05, 4.69) is 29.6 Å². The minimum absolute atomic E-state index is 0.0123. The summed E-state index contributed by atoms with van der Waals surface area (Å²) in [6.07, 6.45) is -0.283. The average Bonchev–Trinajstić information content (AvgIpc) is 3.37. The molecule has 8 heteroatoms. The number of rotatable bonds is 6. The highest BCUT2D eigenvalue weighted by Crippen LogP contribution is 2.44. The summed E-state index contributed by atoms with van der Waals surface area (Å²) in [5.74, 6) is -1.12. The van der Waals surface area contributed by atoms with Crippen molar-refractivity contribution in [2.45, 2.75) is 51.2 Å². The smallest absolute Gasteiger partial charge is 0.411 e. The van der Waals surface area contributed by atoms with E-state index in [0.717, 1.165) is 11.1 Å². The third kappa shape index (κ3) is 5.58. The number of carboxylic acids is 1. The fraction of sp³-hybridized carbons (Fsp3) is 0.444. The first-order valence-corrected chi connectivity index (χ1v) is 12.0. The molecule has 1 aliphatic heterocycles. The number of nitrogens with zero attached hydrogens (tertiary/aromatic N) is 1. The number of carbonyl (C=O) groups is 3. The second-order valence-corrected chi connectivity index (χ2v) is 10.1. The molecule has 186 valence electrons. The van der Waals surface area contributed by atoms with Crippen LogP contribution in [0.25, 0.3) is 11.1 Å². The van der Waals surface area contributed by atoms with Crippen LogP contribution >= 0.6 is 0 Å². The van der Waals surface area contributed by atoms with Crippen molar-refractivity contribution in [2.24, 2.45) is 5.92 Å². The lowest BCUT2D eigenvalue weighted by atomic mass is 9.98. The highest BCUT2D eigenvalue weighted by Gasteiger charge is 2.41. The zero-order valence-corrected chi connectivity index (χ0v) is 20.3. The Bertz CT molecular complexity index is 1060. The van der Waals surface area contributed by atoms with E-state index in [4.69, 9.17) is 9.47 Å². The summed E-state index contributed by atoms with van der Waals surface area (Å²) in [6, 6.07) is 15.4. The molecular formula is C27H32N2O6. The third-order valence-corrected chi connectivity index (χ3v) is 6.47. The van der Waals surface area contributed by atoms with Crippen LogP contribution in [0.15, 0.2) is 48.5 Å². The average molecular weight is 481 g/mol. The van der Waals surface area contributed by atoms with E-state index in [9.17, 15) is 19.5 Å². The first kappa shape index (κ1) is 24.6. The summed E-state index contributed by atoms with van der Waals surface area (Å²) in [6.45, 7) is 6.07. The van der Waals surface area contributed by atoms with E-state index in [0.29, 0.717) is 19.4 Å². The summed E-state index contributed by atoms with van der Waals surface area (Å²) in [7, 11) is 0. The van der Waals surface area contributed by atoms with Crippen molar-refractivity contribution < 1.29 is 29.0 Å². The Morgan fingerprint density at radius 2 is 1.63 bits per heavy atom. The summed E-state index contributed by atoms with van der Waals surface area (Å²) >= 11 is 0. The molecule has 0 unspecified atom stereocenters. The fourth-order valence-corrected chi connectivity index (χ4v) is 4.92. The van der Waals surface area contributed by atoms with Gasteiger partial charge in [0.05, 0.1) is 0 Å². The minimum atomic E-state index is -1.05. The lowest BCUT2D eigenvalue weighted by Gasteiger charge is -2.26. The topological polar surface area (TPSA) is 105 Å². The number of alkyl carbamates (subject to hydrolysis) is 1. The monoisotopic (exact) mass is 480 g/mol. The molecule has 2 N–H and O–H groups in total. The number of hydrogen-bond acceptors (Lipinski definition) is 5. The summed E-state index contributed by atoms with van der Waals surface area (Å²) in [5.41, 5.74) is 3.93. The van der Waals surface area contributed by atoms with Crippen LogP contribution in [0.4, 0.5) is 9.59 Å². The first-order valence-electron chi connectivity index (χ1n) is 12.0. The van der Waals surface area contributed by atoms with Crippen molar-refractivity contribution in [3.63, 3.8) is 0 Å². The molecule has 8 nitrogen and oxygen atoms in total. The van der Waals surface area contributed by atoms with E-state index >= 15 is 0 Å². The van der Waals surface area contributed by atoms with Crippen LogP contribution in [0.5, 0.6) is 0 Å². The Labute approximate surface area is 205 Å². The molecule has 1 heterocycles. The van der Waals surface area contributed by atoms with Gasteiger partial charge in [0.15, 0.2) is 0 Å². The van der Waals surface area contributed by atoms with Crippen LogP contribution in [0.3, 0.4) is 0 Å². The molecule has 2 amide bonds. The van der Waals surface area contributed by atoms with Gasteiger partial charge in [-0.3, -0.25) is 4.90 Å². The number of carbonyl (C=O) groups excluding carboxylic acids is 2. The van der Waals surface area contributed by atoms with E-state index < -0.39 is 29.8 Å². The number of nitrogens with one attached hydrogen (secondary N) is 1. The SMILES string of the molecule is CC(C)(C)OC(=O)N1C[C@@H](CCNC(=O)OCC2c3ccccc3-c3ccccc32)C[C@@H]1C(=O)O. The molecule has 2 aromatic carbocycles. The maximum Gasteiger partial charge on any atom is 0.411 e. The molecule has 1 saturated heterocycles. The minimum Gasteiger partial charge on any atom is -0.480 e. The Kier molecular flexibility index (Phi) is 7.00. The standard InChI is InChI=1S/C27H32N2O6/c1-27(2,3)35-26(33)29-15-17(14-23(29)24(30)31)12-13-28-25(32)34-16-22-20-10-6-4-8-18(20)19-9-5-7-11-21(19)22/h4-11,17,22-23H,12-16H2,1-3H3,(H,28,32)(H,30,31)/t17-,23+/m0/s1. The number of fused-ring (bicyclic) bond motifs is 3. The van der Waals surface area contributed by atoms with Gasteiger partial charge in [0.1, 0.15) is 18.2 Å². The highest BCUT2D eigenvalue weighted by atomic mass is 16.6. The Morgan fingerprint density at radius 3 is 2.20 bits per heavy atom. The van der Waals surface area contributed by atoms with Gasteiger partial charge in [-0.15, -0.1) is 0 Å². The molecule has 0 saturated carbocycles. The van der Waals surface area contributed by atoms with Crippen molar-refractivity contribution in [3.05, 3.63) is 59.7 Å². The highest BCUT2D eigenvalue weighted by molar-refractivity contribution is 5.81. The van der Waals surface area contributed by atoms with Gasteiger partial charge in [-0.05, 0) is 61.8 Å². The second kappa shape index (κ2) is 9.98. The Morgan fingerprint density at radius 1 is 1.03 bits per heavy atom. The van der Waals surface area contributed by atoms with Crippen LogP contribution in [0.1, 0.15) is 50.7 Å². The van der Waals surface area contributed by atoms with E-state index in [1.807, 2.05) is 24.3 Å². The van der Waals surface area contributed by atoms with Crippen molar-refractivity contribution in [1.29, 1.82) is 0 Å². The zero-order valence-electron chi connectivity index (χ0n) is 20.3. The number of aliphatic carboxylic acids is 1. The van der Waals surface area contributed by atoms with E-state index in [1.165, 1.54) is 16.0 Å². The van der Waals surface area contributed by atoms with E-state index in [-0.39, 0.29) is 25.0 Å². The van der Waals surface area contributed by atoms with Crippen LogP contribution in [0, 0.1) is 5.92 Å². The number of likely N-dealkylation sites (tertiary alicyclic amines) is 1. The Hall–Kier alpha value is -3.55. The second-order valence-electron chi connectivity index (χ2n) is 10.1. The predicted molar refractivity (Wildman–Crippen MR) is 130 cm³/mol. The van der Waals surface area contributed by atoms with Crippen molar-refractivity contribution in [2.75, 3.05) is 19.7 Å². The van der Waals surface area contributed by atoms with E-state index in [1.54, 1.807) is 20.8 Å². The normalized spacial score (nSPS) is 19.1. The van der Waals surface area contributed by atoms with Crippen molar-refractivity contribution in [1.82, 2.24) is 10.2 Å². The third-order valence-electron chi connectivity index (χ3n) is 6.47. The van der Waals surface area contributed by atoms with Crippen LogP contribution in [-0.4, -0.2) is 59.5 Å². The number of benzene rings is 2. The van der Waals surface area contributed by atoms with Crippen molar-refractivity contribution >= 4 is 18.2 Å². The van der Waals surface area contributed by atoms with Gasteiger partial charge >= 0.3 is 18.2 Å². The number of amides is 2. The quantitative estimate of drug-likeness (QED) is 0.625. The number of hydrogen-bond donors (Lipinski definition) is 2. The van der Waals surface area contributed by atoms with Crippen LogP contribution in [-0.2, 0) is 14.3 Å². The summed E-state index contributed by atoms with van der Waals surface area (Å²) in [4.78, 5) is 37.8. The molecule has 2 atom stereocenters.